The van der Waals surface area contributed by atoms with Gasteiger partial charge in [0.1, 0.15) is 0 Å². The topological polar surface area (TPSA) is 41.0 Å². The first-order valence-electron chi connectivity index (χ1n) is 7.37. The van der Waals surface area contributed by atoms with Crippen LogP contribution in [0.25, 0.3) is 11.0 Å². The molecule has 1 aliphatic heterocycles. The second kappa shape index (κ2) is 5.46. The van der Waals surface area contributed by atoms with Crippen molar-refractivity contribution in [1.29, 1.82) is 0 Å². The summed E-state index contributed by atoms with van der Waals surface area (Å²) in [6.07, 6.45) is -1.32. The molecule has 0 amide bonds. The Bertz CT molecular complexity index is 732. The summed E-state index contributed by atoms with van der Waals surface area (Å²) in [5.74, 6) is 0. The first-order valence-corrected chi connectivity index (χ1v) is 7.37. The molecule has 4 nitrogen and oxygen atoms in total. The summed E-state index contributed by atoms with van der Waals surface area (Å²) in [6, 6.07) is 4.08. The zero-order valence-corrected chi connectivity index (χ0v) is 12.3. The molecule has 1 atom stereocenters. The van der Waals surface area contributed by atoms with Gasteiger partial charge in [0.05, 0.1) is 16.6 Å². The lowest BCUT2D eigenvalue weighted by molar-refractivity contribution is -0.136. The van der Waals surface area contributed by atoms with Crippen LogP contribution >= 0.6 is 0 Å². The van der Waals surface area contributed by atoms with Crippen molar-refractivity contribution in [3.8, 4) is 0 Å². The molecule has 0 radical (unpaired) electrons. The molecule has 1 saturated heterocycles. The number of rotatable bonds is 2. The Morgan fingerprint density at radius 3 is 2.77 bits per heavy atom. The summed E-state index contributed by atoms with van der Waals surface area (Å²) in [5, 5.41) is 0. The number of hydrogen-bond acceptors (Lipinski definition) is 2. The molecule has 1 aliphatic rings. The molecule has 0 bridgehead atoms. The van der Waals surface area contributed by atoms with Gasteiger partial charge in [0, 0.05) is 12.6 Å². The first kappa shape index (κ1) is 15.1. The number of halogens is 3. The summed E-state index contributed by atoms with van der Waals surface area (Å²) in [6.45, 7) is 1.37. The number of hydrogen-bond donors (Lipinski definition) is 1. The predicted octanol–water partition coefficient (Wildman–Crippen LogP) is 2.83. The molecule has 2 aromatic rings. The number of piperidine rings is 1. The largest absolute Gasteiger partial charge is 0.418 e. The van der Waals surface area contributed by atoms with E-state index in [0.717, 1.165) is 31.9 Å². The maximum atomic E-state index is 13.0. The monoisotopic (exact) mass is 313 g/mol. The summed E-state index contributed by atoms with van der Waals surface area (Å²) < 4.78 is 40.5. The second-order valence-electron chi connectivity index (χ2n) is 5.87. The average Bonchev–Trinajstić information content (AvgIpc) is 2.76. The van der Waals surface area contributed by atoms with Gasteiger partial charge in [-0.3, -0.25) is 4.57 Å². The highest BCUT2D eigenvalue weighted by Crippen LogP contribution is 2.33. The molecule has 1 unspecified atom stereocenters. The van der Waals surface area contributed by atoms with Crippen LogP contribution in [0.5, 0.6) is 0 Å². The number of para-hydroxylation sites is 1. The van der Waals surface area contributed by atoms with Gasteiger partial charge in [-0.25, -0.2) is 4.79 Å². The number of nitrogens with one attached hydrogen (secondary N) is 1. The first-order chi connectivity index (χ1) is 10.4. The lowest BCUT2D eigenvalue weighted by Gasteiger charge is -2.32. The van der Waals surface area contributed by atoms with Crippen LogP contribution in [0.2, 0.25) is 0 Å². The number of likely N-dealkylation sites (tertiary alicyclic amines) is 1. The zero-order valence-electron chi connectivity index (χ0n) is 12.3. The van der Waals surface area contributed by atoms with E-state index in [2.05, 4.69) is 9.88 Å². The Morgan fingerprint density at radius 1 is 1.32 bits per heavy atom. The fourth-order valence-electron chi connectivity index (χ4n) is 3.18. The van der Waals surface area contributed by atoms with Crippen molar-refractivity contribution in [2.45, 2.75) is 38.0 Å². The summed E-state index contributed by atoms with van der Waals surface area (Å²) in [7, 11) is 1.99. The van der Waals surface area contributed by atoms with Crippen molar-refractivity contribution in [1.82, 2.24) is 14.5 Å². The summed E-state index contributed by atoms with van der Waals surface area (Å²) in [4.78, 5) is 16.7. The van der Waals surface area contributed by atoms with Crippen molar-refractivity contribution in [3.63, 3.8) is 0 Å². The third kappa shape index (κ3) is 2.65. The Kier molecular flexibility index (Phi) is 3.76. The molecule has 1 fully saturated rings. The number of alkyl halides is 3. The highest BCUT2D eigenvalue weighted by molar-refractivity contribution is 5.79. The molecule has 1 N–H and O–H groups in total. The van der Waals surface area contributed by atoms with E-state index < -0.39 is 17.4 Å². The van der Waals surface area contributed by atoms with E-state index in [9.17, 15) is 18.0 Å². The number of aromatic amines is 1. The van der Waals surface area contributed by atoms with Gasteiger partial charge in [-0.15, -0.1) is 0 Å². The van der Waals surface area contributed by atoms with Gasteiger partial charge < -0.3 is 9.88 Å². The van der Waals surface area contributed by atoms with Gasteiger partial charge in [-0.1, -0.05) is 12.5 Å². The minimum absolute atomic E-state index is 0.126. The predicted molar refractivity (Wildman–Crippen MR) is 77.8 cm³/mol. The second-order valence-corrected chi connectivity index (χ2v) is 5.87. The van der Waals surface area contributed by atoms with Crippen LogP contribution in [-0.4, -0.2) is 34.1 Å². The molecule has 120 valence electrons. The van der Waals surface area contributed by atoms with Crippen molar-refractivity contribution in [2.24, 2.45) is 0 Å². The molecule has 0 saturated carbocycles. The van der Waals surface area contributed by atoms with Crippen LogP contribution < -0.4 is 5.69 Å². The fraction of sp³-hybridized carbons (Fsp3) is 0.533. The molecule has 7 heteroatoms. The summed E-state index contributed by atoms with van der Waals surface area (Å²) in [5.41, 5.74) is -1.08. The fourth-order valence-corrected chi connectivity index (χ4v) is 3.18. The van der Waals surface area contributed by atoms with Crippen molar-refractivity contribution in [2.75, 3.05) is 13.6 Å². The van der Waals surface area contributed by atoms with Crippen molar-refractivity contribution < 1.29 is 13.2 Å². The van der Waals surface area contributed by atoms with Gasteiger partial charge in [0.15, 0.2) is 0 Å². The van der Waals surface area contributed by atoms with E-state index in [-0.39, 0.29) is 11.6 Å². The molecule has 0 spiro atoms. The molecule has 0 aliphatic carbocycles. The molecule has 22 heavy (non-hydrogen) atoms. The van der Waals surface area contributed by atoms with Gasteiger partial charge in [0.2, 0.25) is 0 Å². The number of likely N-dealkylation sites (N-methyl/N-ethyl adjacent to an activating group) is 1. The third-order valence-corrected chi connectivity index (χ3v) is 4.43. The maximum Gasteiger partial charge on any atom is 0.418 e. The van der Waals surface area contributed by atoms with Gasteiger partial charge in [0.25, 0.3) is 0 Å². The van der Waals surface area contributed by atoms with Crippen LogP contribution in [-0.2, 0) is 12.7 Å². The van der Waals surface area contributed by atoms with Crippen molar-refractivity contribution >= 4 is 11.0 Å². The average molecular weight is 313 g/mol. The molecule has 2 heterocycles. The highest BCUT2D eigenvalue weighted by Gasteiger charge is 2.34. The Balaban J connectivity index is 2.04. The number of benzene rings is 1. The number of H-pyrrole nitrogens is 1. The quantitative estimate of drug-likeness (QED) is 0.926. The maximum absolute atomic E-state index is 13.0. The minimum Gasteiger partial charge on any atom is -0.305 e. The zero-order chi connectivity index (χ0) is 15.9. The number of fused-ring (bicyclic) bond motifs is 1. The van der Waals surface area contributed by atoms with E-state index in [1.807, 2.05) is 7.05 Å². The van der Waals surface area contributed by atoms with Gasteiger partial charge in [-0.05, 0) is 38.6 Å². The van der Waals surface area contributed by atoms with Crippen molar-refractivity contribution in [3.05, 3.63) is 34.2 Å². The normalized spacial score (nSPS) is 20.6. The molecule has 1 aromatic heterocycles. The summed E-state index contributed by atoms with van der Waals surface area (Å²) >= 11 is 0. The molecular formula is C15H18F3N3O. The SMILES string of the molecule is CN1CCCCC1Cn1c(=O)[nH]c2c(C(F)(F)F)cccc21. The number of nitrogens with zero attached hydrogens (tertiary/aromatic N) is 2. The van der Waals surface area contributed by atoms with Crippen LogP contribution in [0, 0.1) is 0 Å². The lowest BCUT2D eigenvalue weighted by Crippen LogP contribution is -2.40. The smallest absolute Gasteiger partial charge is 0.305 e. The molecular weight excluding hydrogens is 295 g/mol. The van der Waals surface area contributed by atoms with Crippen LogP contribution in [0.1, 0.15) is 24.8 Å². The van der Waals surface area contributed by atoms with E-state index in [0.29, 0.717) is 12.1 Å². The Labute approximate surface area is 125 Å². The molecule has 1 aromatic carbocycles. The Morgan fingerprint density at radius 2 is 2.09 bits per heavy atom. The van der Waals surface area contributed by atoms with E-state index in [1.54, 1.807) is 6.07 Å². The van der Waals surface area contributed by atoms with Crippen LogP contribution in [0.4, 0.5) is 13.2 Å². The minimum atomic E-state index is -4.48. The van der Waals surface area contributed by atoms with E-state index in [4.69, 9.17) is 0 Å². The number of aromatic nitrogens is 2. The van der Waals surface area contributed by atoms with Crippen LogP contribution in [0.15, 0.2) is 23.0 Å². The van der Waals surface area contributed by atoms with Gasteiger partial charge in [-0.2, -0.15) is 13.2 Å². The highest BCUT2D eigenvalue weighted by atomic mass is 19.4. The standard InChI is InChI=1S/C15H18F3N3O/c1-20-8-3-2-5-10(20)9-21-12-7-4-6-11(15(16,17)18)13(12)19-14(21)22/h4,6-7,10H,2-3,5,8-9H2,1H3,(H,19,22). The lowest BCUT2D eigenvalue weighted by atomic mass is 10.0. The van der Waals surface area contributed by atoms with E-state index in [1.165, 1.54) is 10.6 Å². The van der Waals surface area contributed by atoms with E-state index >= 15 is 0 Å². The van der Waals surface area contributed by atoms with Gasteiger partial charge >= 0.3 is 11.9 Å². The Hall–Kier alpha value is -1.76. The third-order valence-electron chi connectivity index (χ3n) is 4.43. The number of imidazole rings is 1. The molecule has 3 rings (SSSR count). The van der Waals surface area contributed by atoms with Crippen LogP contribution in [0.3, 0.4) is 0 Å².